The molecule has 0 bridgehead atoms. The van der Waals surface area contributed by atoms with E-state index >= 15 is 0 Å². The third-order valence-corrected chi connectivity index (χ3v) is 0. The molecule has 30 valence electrons. The fourth-order valence-corrected chi connectivity index (χ4v) is 0. The molecule has 5 heteroatoms. The van der Waals surface area contributed by atoms with Gasteiger partial charge in [0.2, 0.25) is 0 Å². The van der Waals surface area contributed by atoms with E-state index in [0.29, 0.717) is 0 Å². The van der Waals surface area contributed by atoms with Gasteiger partial charge in [0.15, 0.2) is 0 Å². The average Bonchev–Trinajstić information content (AvgIpc) is 0.811. The summed E-state index contributed by atoms with van der Waals surface area (Å²) in [6, 6.07) is 0. The van der Waals surface area contributed by atoms with Gasteiger partial charge in [-0.05, 0) is 0 Å². The van der Waals surface area contributed by atoms with Gasteiger partial charge in [-0.15, -0.1) is 0 Å². The van der Waals surface area contributed by atoms with Crippen molar-refractivity contribution >= 4 is 55.0 Å². The number of rotatable bonds is 0. The summed E-state index contributed by atoms with van der Waals surface area (Å²) in [5.74, 6) is 0. The Morgan fingerprint density at radius 3 is 1.50 bits per heavy atom. The standard InChI is InChI=1S/CH2O3.Ba.Li.3H/c2-1(3)4;;;;;/h(H2,2,3,4);;;;;/q;+2;+1;3*-1. The topological polar surface area (TPSA) is 57.5 Å². The first-order valence-corrected chi connectivity index (χ1v) is 0.651. The van der Waals surface area contributed by atoms with Crippen LogP contribution in [0.25, 0.3) is 0 Å². The molecule has 0 atom stereocenters. The molecule has 0 aliphatic rings. The van der Waals surface area contributed by atoms with Crippen molar-refractivity contribution in [3.05, 3.63) is 0 Å². The fraction of sp³-hybridized carbons (Fsp3) is 0. The molecule has 0 aromatic rings. The molecule has 2 N–H and O–H groups in total. The van der Waals surface area contributed by atoms with E-state index in [1.54, 1.807) is 0 Å². The van der Waals surface area contributed by atoms with Crippen LogP contribution in [0.1, 0.15) is 4.28 Å². The summed E-state index contributed by atoms with van der Waals surface area (Å²) in [7, 11) is 0. The molecular formula is CH5BaLiO3. The Balaban J connectivity index is -0.00000000450. The molecule has 0 rings (SSSR count). The van der Waals surface area contributed by atoms with Crippen molar-refractivity contribution in [1.82, 2.24) is 0 Å². The SMILES string of the molecule is O=C(O)O.[Ba+2].[H-].[H-].[H-].[Li+]. The minimum atomic E-state index is -1.83. The molecule has 0 saturated heterocycles. The van der Waals surface area contributed by atoms with Crippen LogP contribution in [0.15, 0.2) is 0 Å². The van der Waals surface area contributed by atoms with Gasteiger partial charge in [0, 0.05) is 0 Å². The number of carboxylic acid groups (broad SMARTS) is 2. The van der Waals surface area contributed by atoms with E-state index in [1.165, 1.54) is 0 Å². The van der Waals surface area contributed by atoms with Crippen molar-refractivity contribution in [1.29, 1.82) is 0 Å². The van der Waals surface area contributed by atoms with Crippen molar-refractivity contribution in [2.24, 2.45) is 0 Å². The summed E-state index contributed by atoms with van der Waals surface area (Å²) >= 11 is 0. The van der Waals surface area contributed by atoms with Crippen LogP contribution in [-0.2, 0) is 0 Å². The Morgan fingerprint density at radius 1 is 1.50 bits per heavy atom. The van der Waals surface area contributed by atoms with E-state index in [-0.39, 0.29) is 72.0 Å². The maximum atomic E-state index is 8.56. The fourth-order valence-electron chi connectivity index (χ4n) is 0. The monoisotopic (exact) mass is 210 g/mol. The summed E-state index contributed by atoms with van der Waals surface area (Å²) in [6.45, 7) is 0. The zero-order valence-electron chi connectivity index (χ0n) is 6.51. The van der Waals surface area contributed by atoms with E-state index in [1.807, 2.05) is 0 Å². The van der Waals surface area contributed by atoms with E-state index in [4.69, 9.17) is 15.0 Å². The molecule has 0 spiro atoms. The Bertz CT molecular complexity index is 42.0. The van der Waals surface area contributed by atoms with Crippen LogP contribution < -0.4 is 18.9 Å². The number of hydrogen-bond donors (Lipinski definition) is 2. The van der Waals surface area contributed by atoms with Gasteiger partial charge in [0.05, 0.1) is 0 Å². The van der Waals surface area contributed by atoms with E-state index < -0.39 is 6.16 Å². The molecule has 0 aromatic heterocycles. The first-order valence-electron chi connectivity index (χ1n) is 0.651. The second-order valence-corrected chi connectivity index (χ2v) is 0.283. The average molecular weight is 209 g/mol. The zero-order chi connectivity index (χ0) is 3.58. The summed E-state index contributed by atoms with van der Waals surface area (Å²) in [5.41, 5.74) is 0. The van der Waals surface area contributed by atoms with Gasteiger partial charge in [0.1, 0.15) is 0 Å². The molecule has 0 amide bonds. The Hall–Kier alpha value is 1.44. The van der Waals surface area contributed by atoms with E-state index in [2.05, 4.69) is 0 Å². The largest absolute Gasteiger partial charge is 2.00 e. The molecule has 0 saturated carbocycles. The first kappa shape index (κ1) is 15.7. The molecule has 0 aliphatic heterocycles. The van der Waals surface area contributed by atoms with Gasteiger partial charge >= 0.3 is 73.9 Å². The number of hydrogen-bond acceptors (Lipinski definition) is 1. The van der Waals surface area contributed by atoms with Crippen molar-refractivity contribution in [3.63, 3.8) is 0 Å². The molecule has 3 nitrogen and oxygen atoms in total. The van der Waals surface area contributed by atoms with Crippen LogP contribution in [0, 0.1) is 0 Å². The first-order chi connectivity index (χ1) is 1.73. The van der Waals surface area contributed by atoms with Crippen LogP contribution in [0.4, 0.5) is 4.79 Å². The maximum absolute atomic E-state index is 8.56. The second-order valence-electron chi connectivity index (χ2n) is 0.283. The molecule has 0 fully saturated rings. The van der Waals surface area contributed by atoms with Crippen LogP contribution in [-0.4, -0.2) is 65.2 Å². The van der Waals surface area contributed by atoms with Crippen LogP contribution >= 0.6 is 0 Å². The third kappa shape index (κ3) is 51.8. The van der Waals surface area contributed by atoms with Gasteiger partial charge in [-0.1, -0.05) is 0 Å². The Morgan fingerprint density at radius 2 is 1.50 bits per heavy atom. The van der Waals surface area contributed by atoms with Gasteiger partial charge in [-0.2, -0.15) is 0 Å². The molecule has 0 unspecified atom stereocenters. The summed E-state index contributed by atoms with van der Waals surface area (Å²) < 4.78 is 0. The molecule has 0 aromatic carbocycles. The van der Waals surface area contributed by atoms with Crippen LogP contribution in [0.5, 0.6) is 0 Å². The van der Waals surface area contributed by atoms with Crippen molar-refractivity contribution < 1.29 is 38.1 Å². The number of carbonyl (C=O) groups is 1. The van der Waals surface area contributed by atoms with Crippen molar-refractivity contribution in [3.8, 4) is 0 Å². The zero-order valence-corrected chi connectivity index (χ0v) is 7.95. The summed E-state index contributed by atoms with van der Waals surface area (Å²) in [4.78, 5) is 8.56. The minimum absolute atomic E-state index is 0. The smallest absolute Gasteiger partial charge is 1.00 e. The third-order valence-electron chi connectivity index (χ3n) is 0. The van der Waals surface area contributed by atoms with Gasteiger partial charge < -0.3 is 14.5 Å². The molecule has 0 heterocycles. The Labute approximate surface area is 91.8 Å². The second kappa shape index (κ2) is 9.67. The molecule has 0 aliphatic carbocycles. The van der Waals surface area contributed by atoms with Crippen LogP contribution in [0.2, 0.25) is 0 Å². The van der Waals surface area contributed by atoms with Crippen molar-refractivity contribution in [2.75, 3.05) is 0 Å². The van der Waals surface area contributed by atoms with Gasteiger partial charge in [-0.3, -0.25) is 0 Å². The van der Waals surface area contributed by atoms with E-state index in [0.717, 1.165) is 0 Å². The summed E-state index contributed by atoms with van der Waals surface area (Å²) in [6.07, 6.45) is -1.83. The predicted molar refractivity (Wildman–Crippen MR) is 19.7 cm³/mol. The molecular weight excluding hydrogens is 204 g/mol. The Kier molecular flexibility index (Phi) is 25.2. The van der Waals surface area contributed by atoms with Crippen LogP contribution in [0.3, 0.4) is 0 Å². The predicted octanol–water partition coefficient (Wildman–Crippen LogP) is -2.82. The minimum Gasteiger partial charge on any atom is -1.00 e. The molecule has 0 radical (unpaired) electrons. The van der Waals surface area contributed by atoms with E-state index in [9.17, 15) is 0 Å². The van der Waals surface area contributed by atoms with Gasteiger partial charge in [-0.25, -0.2) is 4.79 Å². The molecule has 6 heavy (non-hydrogen) atoms. The normalized spacial score (nSPS) is 4.00. The quantitative estimate of drug-likeness (QED) is 0.423. The maximum Gasteiger partial charge on any atom is 2.00 e. The summed E-state index contributed by atoms with van der Waals surface area (Å²) in [5, 5.41) is 13.9. The van der Waals surface area contributed by atoms with Crippen molar-refractivity contribution in [2.45, 2.75) is 0 Å². The van der Waals surface area contributed by atoms with Gasteiger partial charge in [0.25, 0.3) is 0 Å².